The molecule has 250 valence electrons. The van der Waals surface area contributed by atoms with Crippen molar-refractivity contribution in [2.75, 3.05) is 24.1 Å². The Bertz CT molecular complexity index is 1930. The Hall–Kier alpha value is -5.40. The van der Waals surface area contributed by atoms with E-state index in [0.29, 0.717) is 30.3 Å². The van der Waals surface area contributed by atoms with E-state index < -0.39 is 36.0 Å². The molecule has 5 aromatic rings. The number of rotatable bonds is 9. The van der Waals surface area contributed by atoms with Crippen LogP contribution in [0.3, 0.4) is 0 Å². The molecule has 14 heteroatoms. The Labute approximate surface area is 272 Å². The Morgan fingerprint density at radius 1 is 1.02 bits per heavy atom. The fourth-order valence-electron chi connectivity index (χ4n) is 5.89. The van der Waals surface area contributed by atoms with Crippen LogP contribution >= 0.6 is 0 Å². The number of hydrogen-bond acceptors (Lipinski definition) is 6. The number of nitrogens with zero attached hydrogens (tertiary/aromatic N) is 4. The summed E-state index contributed by atoms with van der Waals surface area (Å²) in [6, 6.07) is 16.0. The van der Waals surface area contributed by atoms with Crippen LogP contribution in [0.25, 0.3) is 27.7 Å². The molecule has 1 fully saturated rings. The highest BCUT2D eigenvalue weighted by molar-refractivity contribution is 6.05. The number of likely N-dealkylation sites (tertiary alicyclic amines) is 1. The molecule has 1 saturated heterocycles. The van der Waals surface area contributed by atoms with Crippen molar-refractivity contribution in [1.82, 2.24) is 24.9 Å². The predicted molar refractivity (Wildman–Crippen MR) is 172 cm³/mol. The molecule has 1 aliphatic heterocycles. The van der Waals surface area contributed by atoms with Crippen LogP contribution in [0.4, 0.5) is 29.1 Å². The lowest BCUT2D eigenvalue weighted by molar-refractivity contribution is -0.135. The third-order valence-corrected chi connectivity index (χ3v) is 8.36. The van der Waals surface area contributed by atoms with Crippen LogP contribution in [0.1, 0.15) is 48.7 Å². The van der Waals surface area contributed by atoms with E-state index in [9.17, 15) is 27.2 Å². The summed E-state index contributed by atoms with van der Waals surface area (Å²) < 4.78 is 59.0. The summed E-state index contributed by atoms with van der Waals surface area (Å²) in [6.07, 6.45) is -3.75. The van der Waals surface area contributed by atoms with Gasteiger partial charge in [0, 0.05) is 24.7 Å². The summed E-state index contributed by atoms with van der Waals surface area (Å²) in [6.45, 7) is 5.16. The average Bonchev–Trinajstić information content (AvgIpc) is 3.68. The third-order valence-electron chi connectivity index (χ3n) is 8.36. The summed E-state index contributed by atoms with van der Waals surface area (Å²) in [7, 11) is 0. The number of alkyl halides is 3. The molecule has 0 saturated carbocycles. The number of carbonyl (C=O) groups excluding carboxylic acids is 2. The van der Waals surface area contributed by atoms with E-state index in [-0.39, 0.29) is 17.7 Å². The quantitative estimate of drug-likeness (QED) is 0.151. The van der Waals surface area contributed by atoms with E-state index in [1.165, 1.54) is 12.1 Å². The van der Waals surface area contributed by atoms with Crippen molar-refractivity contribution in [2.24, 2.45) is 5.92 Å². The fourth-order valence-corrected chi connectivity index (χ4v) is 5.89. The number of nitrogens with one attached hydrogen (secondary N) is 2. The minimum absolute atomic E-state index is 0.0488. The number of aromatic nitrogens is 4. The van der Waals surface area contributed by atoms with Crippen molar-refractivity contribution in [3.05, 3.63) is 83.9 Å². The largest absolute Gasteiger partial charge is 0.450 e. The molecule has 1 atom stereocenters. The van der Waals surface area contributed by atoms with E-state index in [1.807, 2.05) is 24.8 Å². The Morgan fingerprint density at radius 3 is 2.35 bits per heavy atom. The van der Waals surface area contributed by atoms with Crippen LogP contribution in [-0.2, 0) is 4.79 Å². The molecular formula is C34H33F4N7O3. The standard InChI is InChI=1S/C34H33F4N7O3/c1-18(2)34(47)44-13-11-19(12-14-44)21-15-25(28-26(16-21)41-42-32(28)39)20-3-7-23(8-4-20)40-33(46)29-27(48-31(38)30(36)37)17-45(43-29)24-9-5-22(35)6-10-24/h3-10,15-19,30-31H,11-14H2,1-2H3,(H,40,46)(H3,39,41,42). The molecule has 2 aromatic heterocycles. The highest BCUT2D eigenvalue weighted by atomic mass is 19.3. The van der Waals surface area contributed by atoms with Gasteiger partial charge < -0.3 is 20.7 Å². The number of ether oxygens (including phenoxy) is 1. The number of halogens is 4. The van der Waals surface area contributed by atoms with Gasteiger partial charge in [-0.1, -0.05) is 26.0 Å². The number of anilines is 2. The van der Waals surface area contributed by atoms with Crippen LogP contribution in [0, 0.1) is 11.7 Å². The van der Waals surface area contributed by atoms with Crippen molar-refractivity contribution in [3.63, 3.8) is 0 Å². The molecule has 6 rings (SSSR count). The van der Waals surface area contributed by atoms with Gasteiger partial charge in [-0.3, -0.25) is 14.7 Å². The number of piperidine rings is 1. The lowest BCUT2D eigenvalue weighted by Crippen LogP contribution is -2.40. The first kappa shape index (κ1) is 32.5. The highest BCUT2D eigenvalue weighted by Gasteiger charge is 2.28. The summed E-state index contributed by atoms with van der Waals surface area (Å²) >= 11 is 0. The van der Waals surface area contributed by atoms with Gasteiger partial charge in [0.05, 0.1) is 22.8 Å². The minimum Gasteiger partial charge on any atom is -0.450 e. The molecule has 2 amide bonds. The van der Waals surface area contributed by atoms with Crippen molar-refractivity contribution in [3.8, 4) is 22.6 Å². The van der Waals surface area contributed by atoms with Gasteiger partial charge >= 0.3 is 6.43 Å². The van der Waals surface area contributed by atoms with Crippen LogP contribution in [0.5, 0.6) is 5.75 Å². The smallest absolute Gasteiger partial charge is 0.304 e. The number of amides is 2. The maximum absolute atomic E-state index is 13.9. The zero-order chi connectivity index (χ0) is 34.1. The van der Waals surface area contributed by atoms with E-state index >= 15 is 0 Å². The molecule has 1 unspecified atom stereocenters. The molecule has 3 aromatic carbocycles. The number of H-pyrrole nitrogens is 1. The molecular weight excluding hydrogens is 630 g/mol. The molecule has 0 radical (unpaired) electrons. The SMILES string of the molecule is CC(C)C(=O)N1CCC(c2cc(-c3ccc(NC(=O)c4nn(-c5ccc(F)cc5)cc4OC(F)C(F)F)cc3)c3c(N)n[nH]c3c2)CC1. The Kier molecular flexibility index (Phi) is 9.07. The molecule has 0 aliphatic carbocycles. The normalized spacial score (nSPS) is 14.5. The molecule has 3 heterocycles. The first-order valence-corrected chi connectivity index (χ1v) is 15.4. The first-order valence-electron chi connectivity index (χ1n) is 15.4. The van der Waals surface area contributed by atoms with Gasteiger partial charge in [-0.15, -0.1) is 0 Å². The van der Waals surface area contributed by atoms with E-state index in [4.69, 9.17) is 10.5 Å². The topological polar surface area (TPSA) is 131 Å². The monoisotopic (exact) mass is 663 g/mol. The van der Waals surface area contributed by atoms with E-state index in [2.05, 4.69) is 26.7 Å². The van der Waals surface area contributed by atoms with Gasteiger partial charge in [0.25, 0.3) is 12.3 Å². The van der Waals surface area contributed by atoms with Crippen molar-refractivity contribution >= 4 is 34.2 Å². The molecule has 10 nitrogen and oxygen atoms in total. The molecule has 0 bridgehead atoms. The van der Waals surface area contributed by atoms with Gasteiger partial charge in [0.1, 0.15) is 5.82 Å². The molecule has 0 spiro atoms. The summed E-state index contributed by atoms with van der Waals surface area (Å²) in [5, 5.41) is 14.7. The summed E-state index contributed by atoms with van der Waals surface area (Å²) in [5.74, 6) is -1.21. The average molecular weight is 664 g/mol. The third kappa shape index (κ3) is 6.68. The van der Waals surface area contributed by atoms with Gasteiger partial charge in [0.2, 0.25) is 5.91 Å². The Balaban J connectivity index is 1.24. The number of carbonyl (C=O) groups is 2. The highest BCUT2D eigenvalue weighted by Crippen LogP contribution is 2.38. The van der Waals surface area contributed by atoms with Crippen LogP contribution in [0.2, 0.25) is 0 Å². The second-order valence-electron chi connectivity index (χ2n) is 12.0. The van der Waals surface area contributed by atoms with Gasteiger partial charge in [-0.25, -0.2) is 17.9 Å². The maximum Gasteiger partial charge on any atom is 0.304 e. The van der Waals surface area contributed by atoms with Gasteiger partial charge in [0.15, 0.2) is 17.3 Å². The van der Waals surface area contributed by atoms with Crippen LogP contribution in [-0.4, -0.2) is 62.6 Å². The van der Waals surface area contributed by atoms with E-state index in [0.717, 1.165) is 63.4 Å². The Morgan fingerprint density at radius 2 is 1.71 bits per heavy atom. The lowest BCUT2D eigenvalue weighted by atomic mass is 9.86. The molecule has 1 aliphatic rings. The number of fused-ring (bicyclic) bond motifs is 1. The zero-order valence-electron chi connectivity index (χ0n) is 26.1. The molecule has 4 N–H and O–H groups in total. The molecule has 48 heavy (non-hydrogen) atoms. The summed E-state index contributed by atoms with van der Waals surface area (Å²) in [4.78, 5) is 27.7. The second-order valence-corrected chi connectivity index (χ2v) is 12.0. The number of nitrogen functional groups attached to an aromatic ring is 1. The van der Waals surface area contributed by atoms with Crippen molar-refractivity contribution < 1.29 is 31.9 Å². The number of benzene rings is 3. The van der Waals surface area contributed by atoms with Gasteiger partial charge in [-0.05, 0) is 84.0 Å². The maximum atomic E-state index is 13.9. The lowest BCUT2D eigenvalue weighted by Gasteiger charge is -2.33. The number of aromatic amines is 1. The van der Waals surface area contributed by atoms with Crippen molar-refractivity contribution in [1.29, 1.82) is 0 Å². The van der Waals surface area contributed by atoms with E-state index in [1.54, 1.807) is 24.3 Å². The van der Waals surface area contributed by atoms with Crippen molar-refractivity contribution in [2.45, 2.75) is 45.4 Å². The number of nitrogens with two attached hydrogens (primary N) is 1. The fraction of sp³-hybridized carbons (Fsp3) is 0.294. The van der Waals surface area contributed by atoms with Gasteiger partial charge in [-0.2, -0.15) is 14.6 Å². The number of hydrogen-bond donors (Lipinski definition) is 3. The minimum atomic E-state index is -3.46. The van der Waals surface area contributed by atoms with Crippen LogP contribution in [0.15, 0.2) is 66.9 Å². The predicted octanol–water partition coefficient (Wildman–Crippen LogP) is 6.69. The zero-order valence-corrected chi connectivity index (χ0v) is 26.1. The summed E-state index contributed by atoms with van der Waals surface area (Å²) in [5.41, 5.74) is 9.92. The first-order chi connectivity index (χ1) is 23.0. The second kappa shape index (κ2) is 13.4. The van der Waals surface area contributed by atoms with Crippen LogP contribution < -0.4 is 15.8 Å².